The predicted molar refractivity (Wildman–Crippen MR) is 58.0 cm³/mol. The lowest BCUT2D eigenvalue weighted by Gasteiger charge is -2.14. The molecule has 7 heteroatoms. The topological polar surface area (TPSA) is 61.9 Å². The molecule has 1 aromatic heterocycles. The van der Waals surface area contributed by atoms with Gasteiger partial charge in [-0.2, -0.15) is 0 Å². The Morgan fingerprint density at radius 3 is 2.47 bits per heavy atom. The van der Waals surface area contributed by atoms with E-state index in [0.717, 1.165) is 4.90 Å². The van der Waals surface area contributed by atoms with Crippen molar-refractivity contribution in [2.45, 2.75) is 32.6 Å². The summed E-state index contributed by atoms with van der Waals surface area (Å²) in [6.07, 6.45) is -2.56. The van der Waals surface area contributed by atoms with Crippen LogP contribution < -0.4 is 0 Å². The van der Waals surface area contributed by atoms with Crippen LogP contribution in [-0.4, -0.2) is 46.0 Å². The highest BCUT2D eigenvalue weighted by atomic mass is 19.3. The number of halogens is 2. The molecule has 1 N–H and O–H groups in total. The second-order valence-electron chi connectivity index (χ2n) is 4.83. The molecule has 1 rings (SSSR count). The highest BCUT2D eigenvalue weighted by Gasteiger charge is 2.24. The number of amides is 1. The number of hydrogen-bond donors (Lipinski definition) is 1. The van der Waals surface area contributed by atoms with Crippen molar-refractivity contribution in [2.75, 3.05) is 13.6 Å². The molecular formula is C10H16F2N4O. The van der Waals surface area contributed by atoms with Gasteiger partial charge in [-0.1, -0.05) is 20.8 Å². The maximum Gasteiger partial charge on any atom is 0.293 e. The number of nitrogens with one attached hydrogen (secondary N) is 1. The van der Waals surface area contributed by atoms with Crippen LogP contribution >= 0.6 is 0 Å². The molecule has 0 aliphatic carbocycles. The van der Waals surface area contributed by atoms with E-state index in [0.29, 0.717) is 5.82 Å². The summed E-state index contributed by atoms with van der Waals surface area (Å²) in [4.78, 5) is 16.6. The molecule has 5 nitrogen and oxygen atoms in total. The fraction of sp³-hybridized carbons (Fsp3) is 0.700. The molecule has 1 heterocycles. The highest BCUT2D eigenvalue weighted by Crippen LogP contribution is 2.17. The minimum atomic E-state index is -2.56. The van der Waals surface area contributed by atoms with Crippen molar-refractivity contribution in [1.82, 2.24) is 20.1 Å². The van der Waals surface area contributed by atoms with Gasteiger partial charge >= 0.3 is 0 Å². The molecule has 0 fully saturated rings. The highest BCUT2D eigenvalue weighted by molar-refractivity contribution is 5.90. The minimum absolute atomic E-state index is 0.0851. The zero-order valence-corrected chi connectivity index (χ0v) is 10.3. The monoisotopic (exact) mass is 246 g/mol. The number of aromatic nitrogens is 3. The minimum Gasteiger partial charge on any atom is -0.333 e. The maximum absolute atomic E-state index is 12.1. The van der Waals surface area contributed by atoms with Crippen LogP contribution in [-0.2, 0) is 5.41 Å². The molecule has 0 aliphatic heterocycles. The number of H-pyrrole nitrogens is 1. The van der Waals surface area contributed by atoms with E-state index in [1.54, 1.807) is 0 Å². The third kappa shape index (κ3) is 3.47. The Balaban J connectivity index is 2.80. The smallest absolute Gasteiger partial charge is 0.293 e. The van der Waals surface area contributed by atoms with E-state index in [1.807, 2.05) is 20.8 Å². The average molecular weight is 246 g/mol. The summed E-state index contributed by atoms with van der Waals surface area (Å²) in [5.74, 6) is -0.151. The molecule has 96 valence electrons. The van der Waals surface area contributed by atoms with Gasteiger partial charge in [-0.05, 0) is 0 Å². The van der Waals surface area contributed by atoms with E-state index >= 15 is 0 Å². The predicted octanol–water partition coefficient (Wildman–Crippen LogP) is 1.44. The van der Waals surface area contributed by atoms with Gasteiger partial charge in [0, 0.05) is 12.5 Å². The van der Waals surface area contributed by atoms with Crippen LogP contribution in [0, 0.1) is 0 Å². The Morgan fingerprint density at radius 1 is 1.47 bits per heavy atom. The summed E-state index contributed by atoms with van der Waals surface area (Å²) >= 11 is 0. The summed E-state index contributed by atoms with van der Waals surface area (Å²) in [7, 11) is 1.29. The van der Waals surface area contributed by atoms with Crippen LogP contribution in [0.2, 0.25) is 0 Å². The molecule has 17 heavy (non-hydrogen) atoms. The second-order valence-corrected chi connectivity index (χ2v) is 4.83. The molecule has 0 bridgehead atoms. The van der Waals surface area contributed by atoms with Crippen molar-refractivity contribution < 1.29 is 13.6 Å². The SMILES string of the molecule is CN(CC(F)F)C(=O)c1n[nH]c(C(C)(C)C)n1. The van der Waals surface area contributed by atoms with Crippen molar-refractivity contribution in [2.24, 2.45) is 0 Å². The van der Waals surface area contributed by atoms with E-state index < -0.39 is 18.9 Å². The Labute approximate surface area is 98.2 Å². The first kappa shape index (κ1) is 13.5. The molecule has 0 aliphatic rings. The summed E-state index contributed by atoms with van der Waals surface area (Å²) in [6.45, 7) is 5.10. The third-order valence-corrected chi connectivity index (χ3v) is 2.15. The fourth-order valence-corrected chi connectivity index (χ4v) is 1.15. The Kier molecular flexibility index (Phi) is 3.79. The number of carbonyl (C=O) groups is 1. The van der Waals surface area contributed by atoms with Crippen molar-refractivity contribution in [3.63, 3.8) is 0 Å². The van der Waals surface area contributed by atoms with Gasteiger partial charge in [0.05, 0.1) is 6.54 Å². The quantitative estimate of drug-likeness (QED) is 0.877. The van der Waals surface area contributed by atoms with Crippen molar-refractivity contribution in [1.29, 1.82) is 0 Å². The molecular weight excluding hydrogens is 230 g/mol. The van der Waals surface area contributed by atoms with Crippen LogP contribution in [0.25, 0.3) is 0 Å². The van der Waals surface area contributed by atoms with Gasteiger partial charge in [0.25, 0.3) is 12.3 Å². The summed E-state index contributed by atoms with van der Waals surface area (Å²) in [5.41, 5.74) is -0.271. The third-order valence-electron chi connectivity index (χ3n) is 2.15. The van der Waals surface area contributed by atoms with Crippen LogP contribution in [0.15, 0.2) is 0 Å². The summed E-state index contributed by atoms with van der Waals surface area (Å²) in [5, 5.41) is 6.38. The van der Waals surface area contributed by atoms with E-state index in [2.05, 4.69) is 15.2 Å². The van der Waals surface area contributed by atoms with Crippen LogP contribution in [0.5, 0.6) is 0 Å². The molecule has 0 saturated carbocycles. The number of hydrogen-bond acceptors (Lipinski definition) is 3. The van der Waals surface area contributed by atoms with E-state index in [9.17, 15) is 13.6 Å². The molecule has 0 radical (unpaired) electrons. The van der Waals surface area contributed by atoms with Gasteiger partial charge in [-0.25, -0.2) is 13.8 Å². The van der Waals surface area contributed by atoms with Gasteiger partial charge in [-0.15, -0.1) is 5.10 Å². The standard InChI is InChI=1S/C10H16F2N4O/c1-10(2,3)9-13-7(14-15-9)8(17)16(4)5-6(11)12/h6H,5H2,1-4H3,(H,13,14,15). The number of carbonyl (C=O) groups excluding carboxylic acids is 1. The lowest BCUT2D eigenvalue weighted by atomic mass is 9.96. The normalized spacial score (nSPS) is 11.9. The lowest BCUT2D eigenvalue weighted by Crippen LogP contribution is -2.32. The van der Waals surface area contributed by atoms with Crippen LogP contribution in [0.1, 0.15) is 37.2 Å². The molecule has 0 saturated heterocycles. The molecule has 0 atom stereocenters. The van der Waals surface area contributed by atoms with E-state index in [4.69, 9.17) is 0 Å². The summed E-state index contributed by atoms with van der Waals surface area (Å²) in [6, 6.07) is 0. The van der Waals surface area contributed by atoms with E-state index in [-0.39, 0.29) is 11.2 Å². The average Bonchev–Trinajstić information content (AvgIpc) is 2.63. The molecule has 0 spiro atoms. The van der Waals surface area contributed by atoms with Crippen molar-refractivity contribution in [3.05, 3.63) is 11.6 Å². The Bertz CT molecular complexity index is 397. The van der Waals surface area contributed by atoms with Gasteiger partial charge in [-0.3, -0.25) is 9.89 Å². The molecule has 0 aromatic carbocycles. The largest absolute Gasteiger partial charge is 0.333 e. The van der Waals surface area contributed by atoms with Crippen LogP contribution in [0.4, 0.5) is 8.78 Å². The molecule has 1 aromatic rings. The fourth-order valence-electron chi connectivity index (χ4n) is 1.15. The second kappa shape index (κ2) is 4.77. The molecule has 0 unspecified atom stereocenters. The number of rotatable bonds is 3. The lowest BCUT2D eigenvalue weighted by molar-refractivity contribution is 0.0610. The first-order chi connectivity index (χ1) is 7.71. The van der Waals surface area contributed by atoms with Gasteiger partial charge in [0.15, 0.2) is 0 Å². The number of nitrogens with zero attached hydrogens (tertiary/aromatic N) is 3. The number of alkyl halides is 2. The van der Waals surface area contributed by atoms with Crippen LogP contribution in [0.3, 0.4) is 0 Å². The van der Waals surface area contributed by atoms with Gasteiger partial charge in [0.2, 0.25) is 5.82 Å². The molecule has 1 amide bonds. The van der Waals surface area contributed by atoms with Crippen molar-refractivity contribution in [3.8, 4) is 0 Å². The van der Waals surface area contributed by atoms with Gasteiger partial charge in [0.1, 0.15) is 5.82 Å². The zero-order valence-electron chi connectivity index (χ0n) is 10.3. The van der Waals surface area contributed by atoms with Crippen molar-refractivity contribution >= 4 is 5.91 Å². The Morgan fingerprint density at radius 2 is 2.06 bits per heavy atom. The Hall–Kier alpha value is -1.53. The number of aromatic amines is 1. The van der Waals surface area contributed by atoms with E-state index in [1.165, 1.54) is 7.05 Å². The maximum atomic E-state index is 12.1. The first-order valence-electron chi connectivity index (χ1n) is 5.18. The first-order valence-corrected chi connectivity index (χ1v) is 5.18. The zero-order chi connectivity index (χ0) is 13.2. The summed E-state index contributed by atoms with van der Waals surface area (Å²) < 4.78 is 24.2. The van der Waals surface area contributed by atoms with Gasteiger partial charge < -0.3 is 4.90 Å².